The zero-order chi connectivity index (χ0) is 27.5. The molecule has 0 aliphatic rings. The third kappa shape index (κ3) is 8.29. The molecule has 1 N–H and O–H groups in total. The van der Waals surface area contributed by atoms with Gasteiger partial charge in [-0.15, -0.1) is 0 Å². The molecule has 2 atom stereocenters. The molecular weight excluding hydrogens is 502 g/mol. The highest BCUT2D eigenvalue weighted by molar-refractivity contribution is 6.30. The molecule has 0 bridgehead atoms. The van der Waals surface area contributed by atoms with Crippen molar-refractivity contribution in [3.8, 4) is 23.0 Å². The van der Waals surface area contributed by atoms with Crippen LogP contribution in [0.2, 0.25) is 5.02 Å². The highest BCUT2D eigenvalue weighted by atomic mass is 35.5. The van der Waals surface area contributed by atoms with Gasteiger partial charge in [-0.3, -0.25) is 4.90 Å². The van der Waals surface area contributed by atoms with Gasteiger partial charge in [0.1, 0.15) is 0 Å². The second-order valence-electron chi connectivity index (χ2n) is 9.43. The van der Waals surface area contributed by atoms with E-state index in [1.54, 1.807) is 21.3 Å². The first kappa shape index (κ1) is 29.6. The Hall–Kier alpha value is -2.93. The quantitative estimate of drug-likeness (QED) is 0.216. The Labute approximate surface area is 232 Å². The van der Waals surface area contributed by atoms with Crippen LogP contribution in [0, 0.1) is 0 Å². The SMILES string of the molecule is CCCCOc1ccc(CN(CC(O)c2cccc(Cl)c2)[C@H](C)Cc2ccc(OC)c(OC)c2)cc1OC. The van der Waals surface area contributed by atoms with Gasteiger partial charge in [-0.1, -0.05) is 49.2 Å². The number of methoxy groups -OCH3 is 3. The topological polar surface area (TPSA) is 60.4 Å². The maximum Gasteiger partial charge on any atom is 0.161 e. The highest BCUT2D eigenvalue weighted by Gasteiger charge is 2.21. The first-order chi connectivity index (χ1) is 18.4. The van der Waals surface area contributed by atoms with Crippen LogP contribution in [0.25, 0.3) is 0 Å². The van der Waals surface area contributed by atoms with Gasteiger partial charge in [-0.05, 0) is 72.9 Å². The third-order valence-corrected chi connectivity index (χ3v) is 6.85. The lowest BCUT2D eigenvalue weighted by Gasteiger charge is -2.32. The molecule has 0 aliphatic carbocycles. The van der Waals surface area contributed by atoms with Gasteiger partial charge in [-0.2, -0.15) is 0 Å². The monoisotopic (exact) mass is 541 g/mol. The van der Waals surface area contributed by atoms with Crippen molar-refractivity contribution in [1.82, 2.24) is 4.90 Å². The minimum Gasteiger partial charge on any atom is -0.493 e. The van der Waals surface area contributed by atoms with E-state index in [1.807, 2.05) is 48.5 Å². The van der Waals surface area contributed by atoms with Crippen LogP contribution < -0.4 is 18.9 Å². The predicted molar refractivity (Wildman–Crippen MR) is 153 cm³/mol. The van der Waals surface area contributed by atoms with E-state index in [0.717, 1.165) is 41.7 Å². The zero-order valence-electron chi connectivity index (χ0n) is 23.1. The summed E-state index contributed by atoms with van der Waals surface area (Å²) < 4.78 is 22.4. The lowest BCUT2D eigenvalue weighted by atomic mass is 10.0. The second kappa shape index (κ2) is 14.9. The minimum atomic E-state index is -0.694. The number of unbranched alkanes of at least 4 members (excludes halogenated alkanes) is 1. The summed E-state index contributed by atoms with van der Waals surface area (Å²) in [5.41, 5.74) is 2.98. The third-order valence-electron chi connectivity index (χ3n) is 6.61. The Kier molecular flexibility index (Phi) is 11.6. The number of hydrogen-bond acceptors (Lipinski definition) is 6. The summed E-state index contributed by atoms with van der Waals surface area (Å²) >= 11 is 6.20. The number of benzene rings is 3. The van der Waals surface area contributed by atoms with E-state index in [4.69, 9.17) is 30.5 Å². The molecule has 0 fully saturated rings. The van der Waals surface area contributed by atoms with E-state index < -0.39 is 6.10 Å². The number of ether oxygens (including phenoxy) is 4. The summed E-state index contributed by atoms with van der Waals surface area (Å²) in [5.74, 6) is 2.85. The van der Waals surface area contributed by atoms with Gasteiger partial charge in [0, 0.05) is 24.2 Å². The van der Waals surface area contributed by atoms with E-state index >= 15 is 0 Å². The standard InChI is InChI=1S/C31H40ClNO5/c1-6-7-15-38-29-14-12-24(18-31(29)37-5)20-33(21-27(34)25-9-8-10-26(32)19-25)22(2)16-23-11-13-28(35-3)30(17-23)36-4/h8-14,17-19,22,27,34H,6-7,15-16,20-21H2,1-5H3/t22-,27?/m1/s1. The van der Waals surface area contributed by atoms with E-state index in [0.29, 0.717) is 42.0 Å². The van der Waals surface area contributed by atoms with Crippen LogP contribution in [0.15, 0.2) is 60.7 Å². The van der Waals surface area contributed by atoms with Crippen LogP contribution in [0.4, 0.5) is 0 Å². The Bertz CT molecular complexity index is 1150. The molecule has 3 rings (SSSR count). The van der Waals surface area contributed by atoms with Crippen molar-refractivity contribution in [2.45, 2.75) is 51.8 Å². The number of nitrogens with zero attached hydrogens (tertiary/aromatic N) is 1. The van der Waals surface area contributed by atoms with Crippen molar-refractivity contribution >= 4 is 11.6 Å². The predicted octanol–water partition coefficient (Wildman–Crippen LogP) is 6.71. The molecule has 0 heterocycles. The second-order valence-corrected chi connectivity index (χ2v) is 9.87. The molecule has 0 aliphatic heterocycles. The fourth-order valence-corrected chi connectivity index (χ4v) is 4.61. The van der Waals surface area contributed by atoms with Gasteiger partial charge in [0.15, 0.2) is 23.0 Å². The summed E-state index contributed by atoms with van der Waals surface area (Å²) in [6.07, 6.45) is 2.13. The molecular formula is C31H40ClNO5. The lowest BCUT2D eigenvalue weighted by Crippen LogP contribution is -2.37. The molecule has 0 saturated heterocycles. The average molecular weight is 542 g/mol. The Balaban J connectivity index is 1.84. The van der Waals surface area contributed by atoms with Crippen LogP contribution in [0.5, 0.6) is 23.0 Å². The van der Waals surface area contributed by atoms with Crippen LogP contribution in [0.3, 0.4) is 0 Å². The number of aliphatic hydroxyl groups is 1. The maximum atomic E-state index is 11.1. The molecule has 38 heavy (non-hydrogen) atoms. The van der Waals surface area contributed by atoms with Crippen molar-refractivity contribution in [3.63, 3.8) is 0 Å². The van der Waals surface area contributed by atoms with Crippen molar-refractivity contribution < 1.29 is 24.1 Å². The normalized spacial score (nSPS) is 12.7. The first-order valence-electron chi connectivity index (χ1n) is 13.1. The Morgan fingerprint density at radius 2 is 1.50 bits per heavy atom. The maximum absolute atomic E-state index is 11.1. The summed E-state index contributed by atoms with van der Waals surface area (Å²) in [7, 11) is 4.93. The summed E-state index contributed by atoms with van der Waals surface area (Å²) in [6, 6.07) is 19.5. The number of rotatable bonds is 15. The summed E-state index contributed by atoms with van der Waals surface area (Å²) in [6.45, 7) is 6.02. The smallest absolute Gasteiger partial charge is 0.161 e. The van der Waals surface area contributed by atoms with Gasteiger partial charge in [0.25, 0.3) is 0 Å². The molecule has 1 unspecified atom stereocenters. The molecule has 3 aromatic rings. The van der Waals surface area contributed by atoms with Crippen LogP contribution in [0.1, 0.15) is 49.5 Å². The molecule has 0 radical (unpaired) electrons. The van der Waals surface area contributed by atoms with Gasteiger partial charge < -0.3 is 24.1 Å². The largest absolute Gasteiger partial charge is 0.493 e. The number of hydrogen-bond donors (Lipinski definition) is 1. The van der Waals surface area contributed by atoms with Gasteiger partial charge >= 0.3 is 0 Å². The lowest BCUT2D eigenvalue weighted by molar-refractivity contribution is 0.0858. The Morgan fingerprint density at radius 1 is 0.842 bits per heavy atom. The molecule has 206 valence electrons. The van der Waals surface area contributed by atoms with Gasteiger partial charge in [-0.25, -0.2) is 0 Å². The highest BCUT2D eigenvalue weighted by Crippen LogP contribution is 2.31. The average Bonchev–Trinajstić information content (AvgIpc) is 2.93. The van der Waals surface area contributed by atoms with Crippen LogP contribution in [-0.2, 0) is 13.0 Å². The van der Waals surface area contributed by atoms with Gasteiger partial charge in [0.05, 0.1) is 34.0 Å². The van der Waals surface area contributed by atoms with E-state index in [2.05, 4.69) is 30.9 Å². The molecule has 0 aromatic heterocycles. The van der Waals surface area contributed by atoms with E-state index in [1.165, 1.54) is 0 Å². The Morgan fingerprint density at radius 3 is 2.18 bits per heavy atom. The van der Waals surface area contributed by atoms with Crippen molar-refractivity contribution in [3.05, 3.63) is 82.4 Å². The molecule has 3 aromatic carbocycles. The van der Waals surface area contributed by atoms with Crippen LogP contribution in [-0.4, -0.2) is 50.5 Å². The van der Waals surface area contributed by atoms with Crippen molar-refractivity contribution in [2.75, 3.05) is 34.5 Å². The molecule has 0 saturated carbocycles. The van der Waals surface area contributed by atoms with E-state index in [9.17, 15) is 5.11 Å². The number of halogens is 1. The molecule has 0 spiro atoms. The summed E-state index contributed by atoms with van der Waals surface area (Å²) in [4.78, 5) is 2.27. The van der Waals surface area contributed by atoms with Gasteiger partial charge in [0.2, 0.25) is 0 Å². The zero-order valence-corrected chi connectivity index (χ0v) is 23.8. The molecule has 6 nitrogen and oxygen atoms in total. The van der Waals surface area contributed by atoms with Crippen LogP contribution >= 0.6 is 11.6 Å². The first-order valence-corrected chi connectivity index (χ1v) is 13.4. The molecule has 0 amide bonds. The van der Waals surface area contributed by atoms with Crippen molar-refractivity contribution in [2.24, 2.45) is 0 Å². The molecule has 7 heteroatoms. The van der Waals surface area contributed by atoms with E-state index in [-0.39, 0.29) is 6.04 Å². The number of aliphatic hydroxyl groups excluding tert-OH is 1. The minimum absolute atomic E-state index is 0.105. The summed E-state index contributed by atoms with van der Waals surface area (Å²) in [5, 5.41) is 11.7. The van der Waals surface area contributed by atoms with Crippen molar-refractivity contribution in [1.29, 1.82) is 0 Å². The fourth-order valence-electron chi connectivity index (χ4n) is 4.41. The fraction of sp³-hybridized carbons (Fsp3) is 0.419.